The van der Waals surface area contributed by atoms with Crippen LogP contribution in [0.15, 0.2) is 30.5 Å². The molecule has 176 valence electrons. The highest BCUT2D eigenvalue weighted by Crippen LogP contribution is 2.21. The Bertz CT molecular complexity index is 617. The van der Waals surface area contributed by atoms with Crippen LogP contribution in [0.3, 0.4) is 0 Å². The number of carbonyl (C=O) groups excluding carboxylic acids is 1. The lowest BCUT2D eigenvalue weighted by Crippen LogP contribution is -2.11. The van der Waals surface area contributed by atoms with Crippen LogP contribution in [0.1, 0.15) is 128 Å². The normalized spacial score (nSPS) is 12.0. The third kappa shape index (κ3) is 14.4. The molecule has 0 N–H and O–H groups in total. The summed E-state index contributed by atoms with van der Waals surface area (Å²) in [6.07, 6.45) is 22.0. The van der Waals surface area contributed by atoms with E-state index in [4.69, 9.17) is 16.3 Å². The number of esters is 1. The molecule has 0 fully saturated rings. The van der Waals surface area contributed by atoms with Gasteiger partial charge in [0, 0.05) is 11.8 Å². The summed E-state index contributed by atoms with van der Waals surface area (Å²) in [6.45, 7) is 8.02. The zero-order chi connectivity index (χ0) is 22.7. The number of nitrogens with zero attached hydrogens (tertiary/aromatic N) is 1. The van der Waals surface area contributed by atoms with E-state index >= 15 is 0 Å². The van der Waals surface area contributed by atoms with E-state index in [1.807, 2.05) is 6.92 Å². The third-order valence-electron chi connectivity index (χ3n) is 5.87. The summed E-state index contributed by atoms with van der Waals surface area (Å²) < 4.78 is 5.50. The summed E-state index contributed by atoms with van der Waals surface area (Å²) in [4.78, 5) is 16.2. The summed E-state index contributed by atoms with van der Waals surface area (Å²) in [5, 5.41) is 0.400. The van der Waals surface area contributed by atoms with Crippen molar-refractivity contribution in [1.82, 2.24) is 4.98 Å². The number of ether oxygens (including phenoxy) is 1. The first kappa shape index (κ1) is 27.7. The van der Waals surface area contributed by atoms with Gasteiger partial charge in [0.15, 0.2) is 0 Å². The van der Waals surface area contributed by atoms with E-state index < -0.39 is 0 Å². The quantitative estimate of drug-likeness (QED) is 0.0913. The molecule has 1 unspecified atom stereocenters. The van der Waals surface area contributed by atoms with Crippen molar-refractivity contribution < 1.29 is 9.53 Å². The molecule has 0 aromatic carbocycles. The van der Waals surface area contributed by atoms with E-state index in [2.05, 4.69) is 18.5 Å². The van der Waals surface area contributed by atoms with Gasteiger partial charge in [-0.15, -0.1) is 0 Å². The van der Waals surface area contributed by atoms with Crippen LogP contribution < -0.4 is 0 Å². The molecule has 0 amide bonds. The molecular formula is C27H44ClNO2. The highest BCUT2D eigenvalue weighted by molar-refractivity contribution is 6.29. The first-order valence-corrected chi connectivity index (χ1v) is 12.9. The number of pyridine rings is 1. The Hall–Kier alpha value is -1.35. The number of aromatic nitrogens is 1. The van der Waals surface area contributed by atoms with Crippen molar-refractivity contribution >= 4 is 17.6 Å². The van der Waals surface area contributed by atoms with Gasteiger partial charge in [0.25, 0.3) is 0 Å². The molecule has 1 aromatic heterocycles. The Morgan fingerprint density at radius 3 is 1.90 bits per heavy atom. The first-order valence-electron chi connectivity index (χ1n) is 12.5. The summed E-state index contributed by atoms with van der Waals surface area (Å²) in [5.41, 5.74) is 1.40. The van der Waals surface area contributed by atoms with Crippen LogP contribution in [0.5, 0.6) is 0 Å². The molecule has 1 rings (SSSR count). The predicted molar refractivity (Wildman–Crippen MR) is 132 cm³/mol. The number of rotatable bonds is 19. The van der Waals surface area contributed by atoms with Gasteiger partial charge in [-0.2, -0.15) is 0 Å². The van der Waals surface area contributed by atoms with E-state index in [0.717, 1.165) is 18.4 Å². The summed E-state index contributed by atoms with van der Waals surface area (Å²) >= 11 is 5.90. The van der Waals surface area contributed by atoms with Crippen LogP contribution in [-0.4, -0.2) is 11.0 Å². The molecule has 0 saturated carbocycles. The number of hydrogen-bond donors (Lipinski definition) is 0. The van der Waals surface area contributed by atoms with Crippen LogP contribution in [0.25, 0.3) is 0 Å². The van der Waals surface area contributed by atoms with Crippen LogP contribution in [0.2, 0.25) is 5.15 Å². The molecular weight excluding hydrogens is 406 g/mol. The molecule has 4 heteroatoms. The first-order chi connectivity index (χ1) is 15.0. The van der Waals surface area contributed by atoms with Crippen molar-refractivity contribution in [2.24, 2.45) is 0 Å². The van der Waals surface area contributed by atoms with Crippen molar-refractivity contribution in [3.05, 3.63) is 41.2 Å². The second-order valence-corrected chi connectivity index (χ2v) is 9.15. The Balaban J connectivity index is 1.94. The fraction of sp³-hybridized carbons (Fsp3) is 0.704. The summed E-state index contributed by atoms with van der Waals surface area (Å²) in [6, 6.07) is 3.53. The molecule has 1 heterocycles. The molecule has 0 spiro atoms. The smallest absolute Gasteiger partial charge is 0.333 e. The molecule has 0 bridgehead atoms. The highest BCUT2D eigenvalue weighted by atomic mass is 35.5. The van der Waals surface area contributed by atoms with Crippen molar-refractivity contribution in [1.29, 1.82) is 0 Å². The lowest BCUT2D eigenvalue weighted by Gasteiger charge is -2.14. The molecule has 31 heavy (non-hydrogen) atoms. The monoisotopic (exact) mass is 449 g/mol. The van der Waals surface area contributed by atoms with Crippen molar-refractivity contribution in [3.8, 4) is 0 Å². The Morgan fingerprint density at radius 2 is 1.42 bits per heavy atom. The van der Waals surface area contributed by atoms with Gasteiger partial charge in [0.1, 0.15) is 11.3 Å². The minimum atomic E-state index is -0.356. The van der Waals surface area contributed by atoms with Gasteiger partial charge in [-0.25, -0.2) is 9.78 Å². The van der Waals surface area contributed by atoms with Gasteiger partial charge >= 0.3 is 5.97 Å². The van der Waals surface area contributed by atoms with Crippen molar-refractivity contribution in [2.45, 2.75) is 123 Å². The topological polar surface area (TPSA) is 39.2 Å². The zero-order valence-electron chi connectivity index (χ0n) is 20.0. The van der Waals surface area contributed by atoms with Gasteiger partial charge in [0.05, 0.1) is 0 Å². The molecule has 0 radical (unpaired) electrons. The van der Waals surface area contributed by atoms with E-state index in [9.17, 15) is 4.79 Å². The second kappa shape index (κ2) is 18.2. The van der Waals surface area contributed by atoms with Crippen molar-refractivity contribution in [2.75, 3.05) is 0 Å². The van der Waals surface area contributed by atoms with Crippen LogP contribution in [0.4, 0.5) is 0 Å². The average molecular weight is 450 g/mol. The number of carbonyl (C=O) groups is 1. The Labute approximate surface area is 196 Å². The highest BCUT2D eigenvalue weighted by Gasteiger charge is 2.14. The van der Waals surface area contributed by atoms with E-state index in [0.29, 0.717) is 17.1 Å². The van der Waals surface area contributed by atoms with Crippen molar-refractivity contribution in [3.63, 3.8) is 0 Å². The second-order valence-electron chi connectivity index (χ2n) is 8.76. The zero-order valence-corrected chi connectivity index (χ0v) is 20.7. The maximum atomic E-state index is 12.2. The number of hydrogen-bond acceptors (Lipinski definition) is 3. The summed E-state index contributed by atoms with van der Waals surface area (Å²) in [7, 11) is 0. The third-order valence-corrected chi connectivity index (χ3v) is 6.08. The van der Waals surface area contributed by atoms with E-state index in [1.165, 1.54) is 83.5 Å². The minimum Gasteiger partial charge on any atom is -0.454 e. The van der Waals surface area contributed by atoms with E-state index in [-0.39, 0.29) is 12.1 Å². The van der Waals surface area contributed by atoms with E-state index in [1.54, 1.807) is 18.3 Å². The maximum Gasteiger partial charge on any atom is 0.333 e. The Morgan fingerprint density at radius 1 is 0.935 bits per heavy atom. The molecule has 0 aliphatic rings. The predicted octanol–water partition coefficient (Wildman–Crippen LogP) is 9.16. The van der Waals surface area contributed by atoms with Gasteiger partial charge in [-0.3, -0.25) is 0 Å². The lowest BCUT2D eigenvalue weighted by molar-refractivity contribution is -0.144. The van der Waals surface area contributed by atoms with Gasteiger partial charge in [-0.05, 0) is 37.5 Å². The van der Waals surface area contributed by atoms with Crippen LogP contribution in [-0.2, 0) is 9.53 Å². The molecule has 0 saturated heterocycles. The minimum absolute atomic E-state index is 0.314. The Kier molecular flexibility index (Phi) is 16.3. The molecule has 0 aliphatic heterocycles. The molecule has 1 aromatic rings. The van der Waals surface area contributed by atoms with Gasteiger partial charge in [0.2, 0.25) is 0 Å². The number of unbranched alkanes of at least 4 members (excludes halogenated alkanes) is 14. The summed E-state index contributed by atoms with van der Waals surface area (Å²) in [5.74, 6) is -0.314. The number of halogens is 1. The molecule has 1 atom stereocenters. The SMILES string of the molecule is C=C(CCCCCCCCCCCCCCCCC)C(=O)OC(C)c1ccnc(Cl)c1. The average Bonchev–Trinajstić information content (AvgIpc) is 2.76. The molecule has 3 nitrogen and oxygen atoms in total. The van der Waals surface area contributed by atoms with Gasteiger partial charge in [-0.1, -0.05) is 115 Å². The fourth-order valence-corrected chi connectivity index (χ4v) is 3.98. The standard InChI is InChI=1S/C27H44ClNO2/c1-4-5-6-7-8-9-10-11-12-13-14-15-16-17-18-19-23(2)27(30)31-24(3)25-20-21-29-26(28)22-25/h20-22,24H,2,4-19H2,1,3H3. The van der Waals surface area contributed by atoms with Crippen LogP contribution in [0, 0.1) is 0 Å². The lowest BCUT2D eigenvalue weighted by atomic mass is 10.0. The van der Waals surface area contributed by atoms with Gasteiger partial charge < -0.3 is 4.74 Å². The van der Waals surface area contributed by atoms with Crippen LogP contribution >= 0.6 is 11.6 Å². The maximum absolute atomic E-state index is 12.2. The largest absolute Gasteiger partial charge is 0.454 e. The molecule has 0 aliphatic carbocycles. The fourth-order valence-electron chi connectivity index (χ4n) is 3.79.